The van der Waals surface area contributed by atoms with Crippen LogP contribution in [0.5, 0.6) is 0 Å². The third-order valence-corrected chi connectivity index (χ3v) is 4.46. The van der Waals surface area contributed by atoms with E-state index >= 15 is 0 Å². The van der Waals surface area contributed by atoms with Gasteiger partial charge in [0.15, 0.2) is 11.6 Å². The highest BCUT2D eigenvalue weighted by atomic mass is 16.2. The van der Waals surface area contributed by atoms with Crippen LogP contribution in [0.15, 0.2) is 22.3 Å². The monoisotopic (exact) mass is 305 g/mol. The smallest absolute Gasteiger partial charge is 0.225 e. The minimum atomic E-state index is -0.560. The van der Waals surface area contributed by atoms with E-state index in [0.29, 0.717) is 41.7 Å². The van der Waals surface area contributed by atoms with Crippen molar-refractivity contribution in [3.63, 3.8) is 0 Å². The Kier molecular flexibility index (Phi) is 5.86. The van der Waals surface area contributed by atoms with Gasteiger partial charge in [0.1, 0.15) is 0 Å². The van der Waals surface area contributed by atoms with Gasteiger partial charge in [-0.25, -0.2) is 0 Å². The van der Waals surface area contributed by atoms with Gasteiger partial charge in [-0.3, -0.25) is 14.4 Å². The minimum absolute atomic E-state index is 0.00867. The second-order valence-corrected chi connectivity index (χ2v) is 6.65. The van der Waals surface area contributed by atoms with Gasteiger partial charge in [0, 0.05) is 34.3 Å². The van der Waals surface area contributed by atoms with Crippen molar-refractivity contribution < 1.29 is 14.4 Å². The van der Waals surface area contributed by atoms with Gasteiger partial charge in [0.05, 0.1) is 0 Å². The molecule has 1 amide bonds. The largest absolute Gasteiger partial charge is 0.356 e. The van der Waals surface area contributed by atoms with E-state index in [2.05, 4.69) is 5.32 Å². The predicted octanol–water partition coefficient (Wildman–Crippen LogP) is 3.12. The summed E-state index contributed by atoms with van der Waals surface area (Å²) in [4.78, 5) is 36.7. The molecule has 22 heavy (non-hydrogen) atoms. The fourth-order valence-electron chi connectivity index (χ4n) is 2.49. The van der Waals surface area contributed by atoms with Gasteiger partial charge in [-0.15, -0.1) is 0 Å². The Bertz CT molecular complexity index is 565. The molecule has 0 atom stereocenters. The molecule has 0 bridgehead atoms. The third-order valence-electron chi connectivity index (χ3n) is 4.46. The van der Waals surface area contributed by atoms with E-state index in [1.807, 2.05) is 20.8 Å². The van der Waals surface area contributed by atoms with Crippen LogP contribution in [0.4, 0.5) is 0 Å². The summed E-state index contributed by atoms with van der Waals surface area (Å²) in [5.41, 5.74) is 1.59. The van der Waals surface area contributed by atoms with E-state index in [1.165, 1.54) is 0 Å². The molecule has 0 fully saturated rings. The summed E-state index contributed by atoms with van der Waals surface area (Å²) in [6, 6.07) is 0. The van der Waals surface area contributed by atoms with Crippen molar-refractivity contribution >= 4 is 17.5 Å². The van der Waals surface area contributed by atoms with Crippen molar-refractivity contribution in [2.75, 3.05) is 6.54 Å². The number of hydrogen-bond donors (Lipinski definition) is 1. The molecule has 0 saturated heterocycles. The lowest BCUT2D eigenvalue weighted by molar-refractivity contribution is -0.129. The molecule has 1 N–H and O–H groups in total. The zero-order chi connectivity index (χ0) is 17.1. The Morgan fingerprint density at radius 1 is 1.00 bits per heavy atom. The Morgan fingerprint density at radius 3 is 2.09 bits per heavy atom. The Hall–Kier alpha value is -1.71. The maximum absolute atomic E-state index is 12.4. The first-order valence-corrected chi connectivity index (χ1v) is 7.88. The highest BCUT2D eigenvalue weighted by Gasteiger charge is 2.31. The van der Waals surface area contributed by atoms with Gasteiger partial charge in [-0.1, -0.05) is 20.8 Å². The number of Topliss-reactive ketones (excluding diaryl/α,β-unsaturated/α-hetero) is 2. The van der Waals surface area contributed by atoms with Gasteiger partial charge in [0.25, 0.3) is 0 Å². The van der Waals surface area contributed by atoms with Gasteiger partial charge in [-0.05, 0) is 40.0 Å². The third kappa shape index (κ3) is 3.73. The van der Waals surface area contributed by atoms with Crippen molar-refractivity contribution in [3.05, 3.63) is 22.3 Å². The van der Waals surface area contributed by atoms with Crippen LogP contribution in [0.3, 0.4) is 0 Å². The van der Waals surface area contributed by atoms with Gasteiger partial charge < -0.3 is 5.32 Å². The van der Waals surface area contributed by atoms with Gasteiger partial charge in [-0.2, -0.15) is 0 Å². The number of carbonyl (C=O) groups excluding carboxylic acids is 3. The van der Waals surface area contributed by atoms with E-state index in [9.17, 15) is 14.4 Å². The second-order valence-electron chi connectivity index (χ2n) is 6.65. The normalized spacial score (nSPS) is 16.5. The van der Waals surface area contributed by atoms with Crippen LogP contribution < -0.4 is 5.32 Å². The zero-order valence-corrected chi connectivity index (χ0v) is 14.6. The SMILES string of the molecule is CCCNC(=O)C(C)(C)CCC1=C(C)C(=O)C(C)=C(C)C1=O. The van der Waals surface area contributed by atoms with Crippen LogP contribution in [-0.4, -0.2) is 24.0 Å². The van der Waals surface area contributed by atoms with Crippen molar-refractivity contribution in [3.8, 4) is 0 Å². The quantitative estimate of drug-likeness (QED) is 0.767. The summed E-state index contributed by atoms with van der Waals surface area (Å²) in [5.74, 6) is -0.120. The molecule has 1 rings (SSSR count). The fourth-order valence-corrected chi connectivity index (χ4v) is 2.49. The van der Waals surface area contributed by atoms with Crippen molar-refractivity contribution in [2.45, 2.75) is 60.8 Å². The Balaban J connectivity index is 2.85. The van der Waals surface area contributed by atoms with Crippen LogP contribution in [0, 0.1) is 5.41 Å². The molecule has 0 unspecified atom stereocenters. The molecule has 0 radical (unpaired) electrons. The van der Waals surface area contributed by atoms with Crippen molar-refractivity contribution in [1.82, 2.24) is 5.32 Å². The zero-order valence-electron chi connectivity index (χ0n) is 14.6. The molecule has 0 aliphatic heterocycles. The number of carbonyl (C=O) groups is 3. The molecule has 1 aliphatic rings. The first kappa shape index (κ1) is 18.3. The van der Waals surface area contributed by atoms with Crippen LogP contribution in [0.1, 0.15) is 60.8 Å². The number of nitrogens with one attached hydrogen (secondary N) is 1. The van der Waals surface area contributed by atoms with Crippen molar-refractivity contribution in [2.24, 2.45) is 5.41 Å². The summed E-state index contributed by atoms with van der Waals surface area (Å²) in [5, 5.41) is 2.89. The van der Waals surface area contributed by atoms with Crippen LogP contribution >= 0.6 is 0 Å². The lowest BCUT2D eigenvalue weighted by atomic mass is 9.79. The molecule has 122 valence electrons. The molecule has 0 saturated carbocycles. The lowest BCUT2D eigenvalue weighted by Gasteiger charge is -2.25. The summed E-state index contributed by atoms with van der Waals surface area (Å²) in [7, 11) is 0. The summed E-state index contributed by atoms with van der Waals surface area (Å²) in [6.07, 6.45) is 1.89. The molecule has 0 heterocycles. The molecule has 4 nitrogen and oxygen atoms in total. The summed E-state index contributed by atoms with van der Waals surface area (Å²) >= 11 is 0. The average Bonchev–Trinajstić information content (AvgIpc) is 2.48. The standard InChI is InChI=1S/C18H27NO3/c1-7-10-19-17(22)18(5,6)9-8-14-13(4)15(20)11(2)12(3)16(14)21/h7-10H2,1-6H3,(H,19,22). The lowest BCUT2D eigenvalue weighted by Crippen LogP contribution is -2.37. The van der Waals surface area contributed by atoms with E-state index in [0.717, 1.165) is 6.42 Å². The van der Waals surface area contributed by atoms with E-state index < -0.39 is 5.41 Å². The fraction of sp³-hybridized carbons (Fsp3) is 0.611. The Morgan fingerprint density at radius 2 is 1.55 bits per heavy atom. The van der Waals surface area contributed by atoms with Gasteiger partial charge in [0.2, 0.25) is 5.91 Å². The molecule has 0 spiro atoms. The molecule has 0 aromatic heterocycles. The minimum Gasteiger partial charge on any atom is -0.356 e. The number of hydrogen-bond acceptors (Lipinski definition) is 3. The van der Waals surface area contributed by atoms with Crippen LogP contribution in [0.25, 0.3) is 0 Å². The topological polar surface area (TPSA) is 63.2 Å². The number of rotatable bonds is 6. The van der Waals surface area contributed by atoms with Crippen LogP contribution in [0.2, 0.25) is 0 Å². The number of ketones is 2. The highest BCUT2D eigenvalue weighted by Crippen LogP contribution is 2.31. The van der Waals surface area contributed by atoms with E-state index in [-0.39, 0.29) is 17.5 Å². The number of amides is 1. The summed E-state index contributed by atoms with van der Waals surface area (Å²) in [6.45, 7) is 11.5. The molecular formula is C18H27NO3. The first-order valence-electron chi connectivity index (χ1n) is 7.88. The van der Waals surface area contributed by atoms with Crippen LogP contribution in [-0.2, 0) is 14.4 Å². The predicted molar refractivity (Wildman–Crippen MR) is 87.4 cm³/mol. The summed E-state index contributed by atoms with van der Waals surface area (Å²) < 4.78 is 0. The molecular weight excluding hydrogens is 278 g/mol. The van der Waals surface area contributed by atoms with Gasteiger partial charge >= 0.3 is 0 Å². The van der Waals surface area contributed by atoms with Crippen molar-refractivity contribution in [1.29, 1.82) is 0 Å². The molecule has 1 aliphatic carbocycles. The van der Waals surface area contributed by atoms with E-state index in [4.69, 9.17) is 0 Å². The first-order chi connectivity index (χ1) is 10.1. The van der Waals surface area contributed by atoms with E-state index in [1.54, 1.807) is 20.8 Å². The second kappa shape index (κ2) is 7.03. The molecule has 0 aromatic rings. The highest BCUT2D eigenvalue weighted by molar-refractivity contribution is 6.24. The maximum Gasteiger partial charge on any atom is 0.225 e. The Labute approximate surface area is 133 Å². The molecule has 0 aromatic carbocycles. The molecule has 4 heteroatoms. The maximum atomic E-state index is 12.4. The average molecular weight is 305 g/mol. The number of allylic oxidation sites excluding steroid dienone is 4.